The largest absolute Gasteiger partial charge is 0.432 e. The quantitative estimate of drug-likeness (QED) is 0.820. The maximum Gasteiger partial charge on any atom is 0.387 e. The third-order valence-electron chi connectivity index (χ3n) is 1.91. The van der Waals surface area contributed by atoms with Crippen LogP contribution in [0.4, 0.5) is 18.9 Å². The molecule has 6 heteroatoms. The first-order valence-corrected chi connectivity index (χ1v) is 4.74. The maximum absolute atomic E-state index is 13.2. The van der Waals surface area contributed by atoms with Gasteiger partial charge in [0, 0.05) is 24.3 Å². The molecule has 3 N–H and O–H groups in total. The molecule has 0 aliphatic heterocycles. The van der Waals surface area contributed by atoms with Crippen molar-refractivity contribution in [2.24, 2.45) is 5.73 Å². The summed E-state index contributed by atoms with van der Waals surface area (Å²) in [5.41, 5.74) is 5.84. The summed E-state index contributed by atoms with van der Waals surface area (Å²) in [6, 6.07) is 3.66. The van der Waals surface area contributed by atoms with Crippen molar-refractivity contribution in [2.75, 3.05) is 11.9 Å². The van der Waals surface area contributed by atoms with Gasteiger partial charge in [-0.3, -0.25) is 0 Å². The van der Waals surface area contributed by atoms with Gasteiger partial charge in [0.25, 0.3) is 0 Å². The van der Waals surface area contributed by atoms with Gasteiger partial charge in [-0.15, -0.1) is 0 Å². The summed E-state index contributed by atoms with van der Waals surface area (Å²) in [4.78, 5) is 0. The highest BCUT2D eigenvalue weighted by molar-refractivity contribution is 5.47. The van der Waals surface area contributed by atoms with Crippen LogP contribution in [0.15, 0.2) is 18.2 Å². The van der Waals surface area contributed by atoms with E-state index in [9.17, 15) is 13.2 Å². The highest BCUT2D eigenvalue weighted by Gasteiger charge is 2.10. The van der Waals surface area contributed by atoms with E-state index in [1.807, 2.05) is 6.92 Å². The van der Waals surface area contributed by atoms with E-state index in [4.69, 9.17) is 5.73 Å². The molecule has 1 aromatic rings. The molecule has 0 radical (unpaired) electrons. The number of rotatable bonds is 5. The lowest BCUT2D eigenvalue weighted by atomic mass is 10.2. The van der Waals surface area contributed by atoms with E-state index in [1.54, 1.807) is 0 Å². The van der Waals surface area contributed by atoms with Crippen molar-refractivity contribution >= 4 is 5.69 Å². The van der Waals surface area contributed by atoms with Gasteiger partial charge >= 0.3 is 6.61 Å². The summed E-state index contributed by atoms with van der Waals surface area (Å²) in [5.74, 6) is -1.31. The molecule has 0 heterocycles. The lowest BCUT2D eigenvalue weighted by Crippen LogP contribution is -2.25. The second-order valence-electron chi connectivity index (χ2n) is 3.30. The van der Waals surface area contributed by atoms with E-state index in [-0.39, 0.29) is 6.04 Å². The first-order chi connectivity index (χ1) is 7.52. The van der Waals surface area contributed by atoms with E-state index in [0.717, 1.165) is 12.1 Å². The number of alkyl halides is 2. The lowest BCUT2D eigenvalue weighted by molar-refractivity contribution is -0.0521. The fraction of sp³-hybridized carbons (Fsp3) is 0.400. The molecule has 0 saturated heterocycles. The molecular formula is C10H13F3N2O. The zero-order valence-corrected chi connectivity index (χ0v) is 8.71. The predicted molar refractivity (Wildman–Crippen MR) is 55.2 cm³/mol. The monoisotopic (exact) mass is 234 g/mol. The lowest BCUT2D eigenvalue weighted by Gasteiger charge is -2.13. The average molecular weight is 234 g/mol. The third-order valence-corrected chi connectivity index (χ3v) is 1.91. The molecule has 0 aliphatic carbocycles. The van der Waals surface area contributed by atoms with Gasteiger partial charge in [-0.1, -0.05) is 0 Å². The van der Waals surface area contributed by atoms with Gasteiger partial charge in [0.2, 0.25) is 0 Å². The summed E-state index contributed by atoms with van der Waals surface area (Å²) in [5, 5.41) is 2.90. The molecule has 90 valence electrons. The van der Waals surface area contributed by atoms with Crippen LogP contribution < -0.4 is 15.8 Å². The summed E-state index contributed by atoms with van der Waals surface area (Å²) in [6.07, 6.45) is 0. The summed E-state index contributed by atoms with van der Waals surface area (Å²) in [6.45, 7) is -0.825. The van der Waals surface area contributed by atoms with Crippen LogP contribution in [-0.2, 0) is 0 Å². The number of nitrogens with two attached hydrogens (primary N) is 1. The second kappa shape index (κ2) is 5.60. The standard InChI is InChI=1S/C10H13F3N2O/c1-6(5-14)15-7-2-3-9(8(11)4-7)16-10(12)13/h2-4,6,10,15H,5,14H2,1H3. The Labute approximate surface area is 91.4 Å². The molecule has 0 saturated carbocycles. The first kappa shape index (κ1) is 12.6. The topological polar surface area (TPSA) is 47.3 Å². The highest BCUT2D eigenvalue weighted by atomic mass is 19.3. The van der Waals surface area contributed by atoms with Crippen LogP contribution in [0.1, 0.15) is 6.92 Å². The van der Waals surface area contributed by atoms with Crippen molar-refractivity contribution in [1.82, 2.24) is 0 Å². The first-order valence-electron chi connectivity index (χ1n) is 4.74. The van der Waals surface area contributed by atoms with Crippen molar-refractivity contribution in [1.29, 1.82) is 0 Å². The molecule has 1 unspecified atom stereocenters. The molecule has 0 aliphatic rings. The Bertz CT molecular complexity index is 347. The fourth-order valence-corrected chi connectivity index (χ4v) is 1.13. The average Bonchev–Trinajstić information content (AvgIpc) is 2.21. The normalized spacial score (nSPS) is 12.6. The van der Waals surface area contributed by atoms with Crippen molar-refractivity contribution in [2.45, 2.75) is 19.6 Å². The van der Waals surface area contributed by atoms with Gasteiger partial charge in [-0.2, -0.15) is 8.78 Å². The van der Waals surface area contributed by atoms with E-state index < -0.39 is 18.2 Å². The zero-order valence-electron chi connectivity index (χ0n) is 8.71. The van der Waals surface area contributed by atoms with Crippen molar-refractivity contribution in [3.05, 3.63) is 24.0 Å². The minimum Gasteiger partial charge on any atom is -0.432 e. The Morgan fingerprint density at radius 3 is 2.62 bits per heavy atom. The number of benzene rings is 1. The van der Waals surface area contributed by atoms with Gasteiger partial charge in [0.05, 0.1) is 0 Å². The van der Waals surface area contributed by atoms with Gasteiger partial charge in [-0.25, -0.2) is 4.39 Å². The second-order valence-corrected chi connectivity index (χ2v) is 3.30. The SMILES string of the molecule is CC(CN)Nc1ccc(OC(F)F)c(F)c1. The molecule has 0 amide bonds. The van der Waals surface area contributed by atoms with E-state index in [0.29, 0.717) is 12.2 Å². The van der Waals surface area contributed by atoms with Crippen LogP contribution in [0.2, 0.25) is 0 Å². The number of ether oxygens (including phenoxy) is 1. The molecule has 1 aromatic carbocycles. The minimum absolute atomic E-state index is 0.0266. The van der Waals surface area contributed by atoms with Crippen LogP contribution >= 0.6 is 0 Å². The number of halogens is 3. The Kier molecular flexibility index (Phi) is 4.42. The van der Waals surface area contributed by atoms with Crippen LogP contribution in [0.5, 0.6) is 5.75 Å². The summed E-state index contributed by atoms with van der Waals surface area (Å²) >= 11 is 0. The Balaban J connectivity index is 2.74. The summed E-state index contributed by atoms with van der Waals surface area (Å²) in [7, 11) is 0. The molecule has 1 rings (SSSR count). The smallest absolute Gasteiger partial charge is 0.387 e. The van der Waals surface area contributed by atoms with E-state index in [2.05, 4.69) is 10.1 Å². The number of nitrogens with one attached hydrogen (secondary N) is 1. The summed E-state index contributed by atoms with van der Waals surface area (Å²) < 4.78 is 40.9. The maximum atomic E-state index is 13.2. The van der Waals surface area contributed by atoms with Gasteiger partial charge in [0.1, 0.15) is 0 Å². The molecule has 0 aromatic heterocycles. The Morgan fingerprint density at radius 2 is 2.12 bits per heavy atom. The van der Waals surface area contributed by atoms with Gasteiger partial charge in [-0.05, 0) is 19.1 Å². The molecule has 16 heavy (non-hydrogen) atoms. The van der Waals surface area contributed by atoms with Crippen LogP contribution in [-0.4, -0.2) is 19.2 Å². The van der Waals surface area contributed by atoms with Crippen LogP contribution in [0.25, 0.3) is 0 Å². The van der Waals surface area contributed by atoms with Gasteiger partial charge < -0.3 is 15.8 Å². The zero-order chi connectivity index (χ0) is 12.1. The van der Waals surface area contributed by atoms with E-state index in [1.165, 1.54) is 6.07 Å². The van der Waals surface area contributed by atoms with Crippen molar-refractivity contribution in [3.8, 4) is 5.75 Å². The highest BCUT2D eigenvalue weighted by Crippen LogP contribution is 2.23. The molecule has 0 spiro atoms. The number of anilines is 1. The number of hydrogen-bond donors (Lipinski definition) is 2. The van der Waals surface area contributed by atoms with Crippen molar-refractivity contribution < 1.29 is 17.9 Å². The fourth-order valence-electron chi connectivity index (χ4n) is 1.13. The molecule has 0 bridgehead atoms. The van der Waals surface area contributed by atoms with Crippen LogP contribution in [0, 0.1) is 5.82 Å². The van der Waals surface area contributed by atoms with Crippen molar-refractivity contribution in [3.63, 3.8) is 0 Å². The Morgan fingerprint density at radius 1 is 1.44 bits per heavy atom. The molecule has 1 atom stereocenters. The van der Waals surface area contributed by atoms with Crippen LogP contribution in [0.3, 0.4) is 0 Å². The molecular weight excluding hydrogens is 221 g/mol. The third kappa shape index (κ3) is 3.62. The Hall–Kier alpha value is -1.43. The number of hydrogen-bond acceptors (Lipinski definition) is 3. The predicted octanol–water partition coefficient (Wildman–Crippen LogP) is 2.19. The molecule has 3 nitrogen and oxygen atoms in total. The molecule has 0 fully saturated rings. The van der Waals surface area contributed by atoms with Gasteiger partial charge in [0.15, 0.2) is 11.6 Å². The minimum atomic E-state index is -3.03. The van der Waals surface area contributed by atoms with E-state index >= 15 is 0 Å².